The van der Waals surface area contributed by atoms with Crippen LogP contribution in [0.2, 0.25) is 0 Å². The number of ether oxygens (including phenoxy) is 2. The van der Waals surface area contributed by atoms with Crippen LogP contribution in [0.25, 0.3) is 0 Å². The van der Waals surface area contributed by atoms with Gasteiger partial charge in [0.25, 0.3) is 0 Å². The first-order valence-electron chi connectivity index (χ1n) is 7.35. The van der Waals surface area contributed by atoms with E-state index in [1.54, 1.807) is 14.2 Å². The topological polar surface area (TPSA) is 21.7 Å². The predicted octanol–water partition coefficient (Wildman–Crippen LogP) is 3.27. The lowest BCUT2D eigenvalue weighted by Crippen LogP contribution is -2.20. The van der Waals surface area contributed by atoms with Crippen molar-refractivity contribution in [1.82, 2.24) is 4.90 Å². The van der Waals surface area contributed by atoms with E-state index in [1.807, 2.05) is 6.08 Å². The van der Waals surface area contributed by atoms with Crippen LogP contribution in [0.3, 0.4) is 0 Å². The second-order valence-corrected chi connectivity index (χ2v) is 5.78. The van der Waals surface area contributed by atoms with Gasteiger partial charge in [-0.3, -0.25) is 4.90 Å². The van der Waals surface area contributed by atoms with E-state index < -0.39 is 0 Å². The first-order valence-corrected chi connectivity index (χ1v) is 7.35. The molecule has 1 saturated heterocycles. The molecule has 0 aromatic heterocycles. The van der Waals surface area contributed by atoms with E-state index in [2.05, 4.69) is 23.6 Å². The smallest absolute Gasteiger partial charge is 0.164 e. The maximum absolute atomic E-state index is 5.60. The normalized spacial score (nSPS) is 23.7. The molecule has 3 nitrogen and oxygen atoms in total. The van der Waals surface area contributed by atoms with Crippen molar-refractivity contribution < 1.29 is 9.47 Å². The molecular formula is C17H24ClNO2. The number of likely N-dealkylation sites (tertiary alicyclic amines) is 1. The van der Waals surface area contributed by atoms with Gasteiger partial charge in [0.1, 0.15) is 0 Å². The predicted molar refractivity (Wildman–Crippen MR) is 88.0 cm³/mol. The highest BCUT2D eigenvalue weighted by Crippen LogP contribution is 2.46. The molecule has 2 aliphatic rings. The molecule has 0 spiro atoms. The van der Waals surface area contributed by atoms with Crippen molar-refractivity contribution in [1.29, 1.82) is 0 Å². The van der Waals surface area contributed by atoms with Crippen LogP contribution in [0.15, 0.2) is 24.8 Å². The van der Waals surface area contributed by atoms with Crippen LogP contribution in [0.1, 0.15) is 23.5 Å². The average Bonchev–Trinajstić information content (AvgIpc) is 2.89. The molecule has 1 fully saturated rings. The van der Waals surface area contributed by atoms with Gasteiger partial charge in [0.05, 0.1) is 14.2 Å². The Balaban J connectivity index is 0.00000161. The zero-order valence-corrected chi connectivity index (χ0v) is 13.6. The van der Waals surface area contributed by atoms with E-state index in [0.717, 1.165) is 36.9 Å². The minimum absolute atomic E-state index is 0. The van der Waals surface area contributed by atoms with E-state index in [-0.39, 0.29) is 12.4 Å². The van der Waals surface area contributed by atoms with Crippen molar-refractivity contribution in [3.63, 3.8) is 0 Å². The molecule has 0 saturated carbocycles. The lowest BCUT2D eigenvalue weighted by Gasteiger charge is -2.29. The maximum atomic E-state index is 5.60. The first kappa shape index (κ1) is 16.2. The van der Waals surface area contributed by atoms with Crippen LogP contribution in [0, 0.1) is 5.92 Å². The summed E-state index contributed by atoms with van der Waals surface area (Å²) in [5.41, 5.74) is 2.82. The van der Waals surface area contributed by atoms with E-state index in [0.29, 0.717) is 5.92 Å². The van der Waals surface area contributed by atoms with Crippen molar-refractivity contribution in [2.75, 3.05) is 33.9 Å². The molecule has 1 aromatic carbocycles. The highest BCUT2D eigenvalue weighted by molar-refractivity contribution is 5.85. The highest BCUT2D eigenvalue weighted by Gasteiger charge is 2.38. The molecule has 116 valence electrons. The minimum Gasteiger partial charge on any atom is -0.493 e. The lowest BCUT2D eigenvalue weighted by atomic mass is 9.76. The molecule has 0 amide bonds. The summed E-state index contributed by atoms with van der Waals surface area (Å²) >= 11 is 0. The molecule has 21 heavy (non-hydrogen) atoms. The Morgan fingerprint density at radius 2 is 2.10 bits per heavy atom. The SMILES string of the molecule is C=CCN1CC2CCc3c(ccc(OC)c3OC)C2C1.Cl. The highest BCUT2D eigenvalue weighted by atomic mass is 35.5. The Morgan fingerprint density at radius 1 is 1.29 bits per heavy atom. The van der Waals surface area contributed by atoms with E-state index in [4.69, 9.17) is 9.47 Å². The van der Waals surface area contributed by atoms with Gasteiger partial charge in [0, 0.05) is 31.1 Å². The Kier molecular flexibility index (Phi) is 5.17. The Morgan fingerprint density at radius 3 is 2.76 bits per heavy atom. The second-order valence-electron chi connectivity index (χ2n) is 5.78. The first-order chi connectivity index (χ1) is 9.78. The molecule has 1 heterocycles. The quantitative estimate of drug-likeness (QED) is 0.797. The second kappa shape index (κ2) is 6.71. The third kappa shape index (κ3) is 2.77. The zero-order chi connectivity index (χ0) is 14.1. The number of benzene rings is 1. The van der Waals surface area contributed by atoms with Crippen LogP contribution >= 0.6 is 12.4 Å². The maximum Gasteiger partial charge on any atom is 0.164 e. The Bertz CT molecular complexity index is 518. The van der Waals surface area contributed by atoms with Gasteiger partial charge >= 0.3 is 0 Å². The van der Waals surface area contributed by atoms with Crippen LogP contribution in [-0.2, 0) is 6.42 Å². The van der Waals surface area contributed by atoms with Crippen molar-refractivity contribution in [2.24, 2.45) is 5.92 Å². The summed E-state index contributed by atoms with van der Waals surface area (Å²) in [5, 5.41) is 0. The van der Waals surface area contributed by atoms with E-state index in [9.17, 15) is 0 Å². The summed E-state index contributed by atoms with van der Waals surface area (Å²) in [6.07, 6.45) is 4.35. The van der Waals surface area contributed by atoms with Crippen LogP contribution in [-0.4, -0.2) is 38.8 Å². The molecule has 0 bridgehead atoms. The van der Waals surface area contributed by atoms with Gasteiger partial charge in [-0.05, 0) is 30.4 Å². The van der Waals surface area contributed by atoms with Crippen LogP contribution in [0.5, 0.6) is 11.5 Å². The summed E-state index contributed by atoms with van der Waals surface area (Å²) in [7, 11) is 3.44. The van der Waals surface area contributed by atoms with Gasteiger partial charge in [-0.25, -0.2) is 0 Å². The van der Waals surface area contributed by atoms with Crippen LogP contribution < -0.4 is 9.47 Å². The van der Waals surface area contributed by atoms with Crippen molar-refractivity contribution in [3.8, 4) is 11.5 Å². The fraction of sp³-hybridized carbons (Fsp3) is 0.529. The lowest BCUT2D eigenvalue weighted by molar-refractivity contribution is 0.341. The zero-order valence-electron chi connectivity index (χ0n) is 12.8. The van der Waals surface area contributed by atoms with Gasteiger partial charge in [0.2, 0.25) is 0 Å². The molecule has 2 atom stereocenters. The summed E-state index contributed by atoms with van der Waals surface area (Å²) in [4.78, 5) is 2.51. The van der Waals surface area contributed by atoms with Crippen LogP contribution in [0.4, 0.5) is 0 Å². The van der Waals surface area contributed by atoms with E-state index in [1.165, 1.54) is 24.1 Å². The number of hydrogen-bond donors (Lipinski definition) is 0. The standard InChI is InChI=1S/C17H23NO2.ClH/c1-4-9-18-10-12-5-6-14-13(15(12)11-18)7-8-16(19-2)17(14)20-3;/h4,7-8,12,15H,1,5-6,9-11H2,2-3H3;1H. The van der Waals surface area contributed by atoms with Gasteiger partial charge in [-0.1, -0.05) is 12.1 Å². The third-order valence-electron chi connectivity index (χ3n) is 4.75. The van der Waals surface area contributed by atoms with Crippen molar-refractivity contribution in [3.05, 3.63) is 35.9 Å². The monoisotopic (exact) mass is 309 g/mol. The van der Waals surface area contributed by atoms with Gasteiger partial charge in [-0.15, -0.1) is 19.0 Å². The number of methoxy groups -OCH3 is 2. The Hall–Kier alpha value is -1.19. The minimum atomic E-state index is 0. The summed E-state index contributed by atoms with van der Waals surface area (Å²) < 4.78 is 11.0. The molecule has 0 radical (unpaired) electrons. The molecule has 1 aromatic rings. The molecule has 1 aliphatic carbocycles. The van der Waals surface area contributed by atoms with E-state index >= 15 is 0 Å². The largest absolute Gasteiger partial charge is 0.493 e. The molecule has 4 heteroatoms. The average molecular weight is 310 g/mol. The third-order valence-corrected chi connectivity index (χ3v) is 4.75. The molecule has 2 unspecified atom stereocenters. The Labute approximate surface area is 133 Å². The molecular weight excluding hydrogens is 286 g/mol. The molecule has 1 aliphatic heterocycles. The number of fused-ring (bicyclic) bond motifs is 3. The van der Waals surface area contributed by atoms with Gasteiger partial charge in [-0.2, -0.15) is 0 Å². The number of nitrogens with zero attached hydrogens (tertiary/aromatic N) is 1. The number of rotatable bonds is 4. The van der Waals surface area contributed by atoms with Crippen molar-refractivity contribution in [2.45, 2.75) is 18.8 Å². The fourth-order valence-corrected chi connectivity index (χ4v) is 3.88. The summed E-state index contributed by atoms with van der Waals surface area (Å²) in [6.45, 7) is 7.19. The van der Waals surface area contributed by atoms with Crippen molar-refractivity contribution >= 4 is 12.4 Å². The fourth-order valence-electron chi connectivity index (χ4n) is 3.88. The summed E-state index contributed by atoms with van der Waals surface area (Å²) in [5.74, 6) is 3.20. The molecule has 3 rings (SSSR count). The van der Waals surface area contributed by atoms with Gasteiger partial charge in [0.15, 0.2) is 11.5 Å². The summed E-state index contributed by atoms with van der Waals surface area (Å²) in [6, 6.07) is 4.29. The number of halogens is 1. The molecule has 0 N–H and O–H groups in total. The van der Waals surface area contributed by atoms with Gasteiger partial charge < -0.3 is 9.47 Å². The number of hydrogen-bond acceptors (Lipinski definition) is 3.